The fourth-order valence-electron chi connectivity index (χ4n) is 3.57. The van der Waals surface area contributed by atoms with Crippen molar-refractivity contribution in [2.45, 2.75) is 39.3 Å². The van der Waals surface area contributed by atoms with Crippen LogP contribution in [0.15, 0.2) is 78.9 Å². The Morgan fingerprint density at radius 3 is 2.26 bits per heavy atom. The maximum Gasteiger partial charge on any atom is 0.261 e. The lowest BCUT2D eigenvalue weighted by Crippen LogP contribution is -2.51. The van der Waals surface area contributed by atoms with Gasteiger partial charge in [-0.15, -0.1) is 0 Å². The maximum absolute atomic E-state index is 13.5. The molecule has 0 heterocycles. The van der Waals surface area contributed by atoms with Gasteiger partial charge in [0.1, 0.15) is 11.8 Å². The third kappa shape index (κ3) is 7.87. The van der Waals surface area contributed by atoms with Crippen molar-refractivity contribution in [2.24, 2.45) is 0 Å². The highest BCUT2D eigenvalue weighted by atomic mass is 127. The molecule has 1 unspecified atom stereocenters. The van der Waals surface area contributed by atoms with Gasteiger partial charge in [0, 0.05) is 23.1 Å². The van der Waals surface area contributed by atoms with Gasteiger partial charge in [-0.3, -0.25) is 9.59 Å². The summed E-state index contributed by atoms with van der Waals surface area (Å²) < 4.78 is 6.89. The summed E-state index contributed by atoms with van der Waals surface area (Å²) in [5, 5.41) is 2.99. The molecule has 1 atom stereocenters. The molecule has 0 aliphatic heterocycles. The van der Waals surface area contributed by atoms with Crippen LogP contribution in [0.1, 0.15) is 30.0 Å². The minimum absolute atomic E-state index is 0.140. The highest BCUT2D eigenvalue weighted by Gasteiger charge is 2.30. The lowest BCUT2D eigenvalue weighted by molar-refractivity contribution is -0.142. The standard InChI is InChI=1S/C28H31IN2O3/c1-3-17-30-28(33)26(18-22-7-5-4-6-8-22)31(19-23-11-9-21(2)10-12-23)27(32)20-34-25-15-13-24(29)14-16-25/h4-16,26H,3,17-20H2,1-2H3,(H,30,33). The summed E-state index contributed by atoms with van der Waals surface area (Å²) in [7, 11) is 0. The van der Waals surface area contributed by atoms with Crippen LogP contribution in [0.2, 0.25) is 0 Å². The smallest absolute Gasteiger partial charge is 0.261 e. The first-order valence-corrected chi connectivity index (χ1v) is 12.6. The second-order valence-corrected chi connectivity index (χ2v) is 9.49. The van der Waals surface area contributed by atoms with Gasteiger partial charge in [0.15, 0.2) is 6.61 Å². The zero-order chi connectivity index (χ0) is 24.3. The molecule has 1 N–H and O–H groups in total. The van der Waals surface area contributed by atoms with Crippen LogP contribution in [0.5, 0.6) is 5.75 Å². The molecule has 0 saturated carbocycles. The first kappa shape index (κ1) is 25.7. The van der Waals surface area contributed by atoms with Crippen LogP contribution in [0.3, 0.4) is 0 Å². The second-order valence-electron chi connectivity index (χ2n) is 8.25. The van der Waals surface area contributed by atoms with Crippen molar-refractivity contribution in [1.29, 1.82) is 0 Å². The van der Waals surface area contributed by atoms with E-state index in [1.165, 1.54) is 0 Å². The zero-order valence-corrected chi connectivity index (χ0v) is 21.8. The zero-order valence-electron chi connectivity index (χ0n) is 19.7. The number of carbonyl (C=O) groups excluding carboxylic acids is 2. The lowest BCUT2D eigenvalue weighted by atomic mass is 10.0. The number of carbonyl (C=O) groups is 2. The third-order valence-electron chi connectivity index (χ3n) is 5.47. The van der Waals surface area contributed by atoms with Crippen LogP contribution in [0, 0.1) is 10.5 Å². The summed E-state index contributed by atoms with van der Waals surface area (Å²) in [5.74, 6) is 0.242. The molecule has 6 heteroatoms. The Labute approximate surface area is 215 Å². The summed E-state index contributed by atoms with van der Waals surface area (Å²) in [6, 6.07) is 24.7. The van der Waals surface area contributed by atoms with Crippen molar-refractivity contribution in [1.82, 2.24) is 10.2 Å². The molecule has 0 radical (unpaired) electrons. The van der Waals surface area contributed by atoms with Crippen LogP contribution in [-0.4, -0.2) is 35.9 Å². The fraction of sp³-hybridized carbons (Fsp3) is 0.286. The summed E-state index contributed by atoms with van der Waals surface area (Å²) in [6.45, 7) is 4.79. The highest BCUT2D eigenvalue weighted by molar-refractivity contribution is 14.1. The summed E-state index contributed by atoms with van der Waals surface area (Å²) in [5.41, 5.74) is 3.11. The molecule has 3 rings (SSSR count). The normalized spacial score (nSPS) is 11.5. The molecule has 0 saturated heterocycles. The monoisotopic (exact) mass is 570 g/mol. The first-order chi connectivity index (χ1) is 16.5. The highest BCUT2D eigenvalue weighted by Crippen LogP contribution is 2.17. The van der Waals surface area contributed by atoms with Gasteiger partial charge in [-0.1, -0.05) is 67.1 Å². The van der Waals surface area contributed by atoms with E-state index in [4.69, 9.17) is 4.74 Å². The van der Waals surface area contributed by atoms with Crippen molar-refractivity contribution < 1.29 is 14.3 Å². The van der Waals surface area contributed by atoms with Crippen molar-refractivity contribution >= 4 is 34.4 Å². The Kier molecular flexibility index (Phi) is 9.94. The Bertz CT molecular complexity index is 1050. The number of hydrogen-bond donors (Lipinski definition) is 1. The Balaban J connectivity index is 1.87. The van der Waals surface area contributed by atoms with Gasteiger partial charge < -0.3 is 15.0 Å². The predicted molar refractivity (Wildman–Crippen MR) is 144 cm³/mol. The van der Waals surface area contributed by atoms with Crippen molar-refractivity contribution in [3.63, 3.8) is 0 Å². The van der Waals surface area contributed by atoms with Crippen molar-refractivity contribution in [3.05, 3.63) is 99.1 Å². The van der Waals surface area contributed by atoms with Gasteiger partial charge in [0.25, 0.3) is 5.91 Å². The predicted octanol–water partition coefficient (Wildman–Crippen LogP) is 5.14. The van der Waals surface area contributed by atoms with Crippen LogP contribution in [-0.2, 0) is 22.6 Å². The van der Waals surface area contributed by atoms with E-state index < -0.39 is 6.04 Å². The van der Waals surface area contributed by atoms with E-state index in [1.807, 2.05) is 92.7 Å². The average molecular weight is 570 g/mol. The molecule has 0 aromatic heterocycles. The molecular weight excluding hydrogens is 539 g/mol. The molecule has 178 valence electrons. The van der Waals surface area contributed by atoms with E-state index in [0.29, 0.717) is 25.3 Å². The van der Waals surface area contributed by atoms with Gasteiger partial charge in [0.2, 0.25) is 5.91 Å². The van der Waals surface area contributed by atoms with E-state index in [-0.39, 0.29) is 18.4 Å². The molecule has 3 aromatic rings. The van der Waals surface area contributed by atoms with Gasteiger partial charge in [-0.25, -0.2) is 0 Å². The van der Waals surface area contributed by atoms with Gasteiger partial charge in [-0.2, -0.15) is 0 Å². The van der Waals surface area contributed by atoms with E-state index in [0.717, 1.165) is 26.7 Å². The molecule has 34 heavy (non-hydrogen) atoms. The Morgan fingerprint density at radius 1 is 0.941 bits per heavy atom. The number of rotatable bonds is 11. The number of amides is 2. The number of aryl methyl sites for hydroxylation is 1. The topological polar surface area (TPSA) is 58.6 Å². The number of halogens is 1. The third-order valence-corrected chi connectivity index (χ3v) is 6.19. The largest absolute Gasteiger partial charge is 0.484 e. The average Bonchev–Trinajstić information content (AvgIpc) is 2.86. The lowest BCUT2D eigenvalue weighted by Gasteiger charge is -2.31. The van der Waals surface area contributed by atoms with E-state index in [2.05, 4.69) is 27.9 Å². The Hall–Kier alpha value is -2.87. The number of hydrogen-bond acceptors (Lipinski definition) is 3. The van der Waals surface area contributed by atoms with Crippen molar-refractivity contribution in [3.8, 4) is 5.75 Å². The number of nitrogens with zero attached hydrogens (tertiary/aromatic N) is 1. The molecule has 5 nitrogen and oxygen atoms in total. The number of nitrogens with one attached hydrogen (secondary N) is 1. The molecule has 0 aliphatic rings. The SMILES string of the molecule is CCCNC(=O)C(Cc1ccccc1)N(Cc1ccc(C)cc1)C(=O)COc1ccc(I)cc1. The van der Waals surface area contributed by atoms with Crippen LogP contribution >= 0.6 is 22.6 Å². The van der Waals surface area contributed by atoms with Crippen molar-refractivity contribution in [2.75, 3.05) is 13.2 Å². The van der Waals surface area contributed by atoms with Gasteiger partial charge in [-0.05, 0) is 71.3 Å². The minimum Gasteiger partial charge on any atom is -0.484 e. The number of benzene rings is 3. The molecule has 0 spiro atoms. The molecule has 0 fully saturated rings. The molecule has 0 aliphatic carbocycles. The van der Waals surface area contributed by atoms with E-state index in [1.54, 1.807) is 4.90 Å². The quantitative estimate of drug-likeness (QED) is 0.325. The molecular formula is C28H31IN2O3. The van der Waals surface area contributed by atoms with E-state index >= 15 is 0 Å². The van der Waals surface area contributed by atoms with E-state index in [9.17, 15) is 9.59 Å². The van der Waals surface area contributed by atoms with Crippen LogP contribution in [0.25, 0.3) is 0 Å². The summed E-state index contributed by atoms with van der Waals surface area (Å²) >= 11 is 2.23. The fourth-order valence-corrected chi connectivity index (χ4v) is 3.93. The molecule has 0 bridgehead atoms. The van der Waals surface area contributed by atoms with Crippen LogP contribution < -0.4 is 10.1 Å². The second kappa shape index (κ2) is 13.1. The maximum atomic E-state index is 13.5. The first-order valence-electron chi connectivity index (χ1n) is 11.5. The van der Waals surface area contributed by atoms with Crippen LogP contribution in [0.4, 0.5) is 0 Å². The summed E-state index contributed by atoms with van der Waals surface area (Å²) in [4.78, 5) is 28.4. The number of ether oxygens (including phenoxy) is 1. The Morgan fingerprint density at radius 2 is 1.62 bits per heavy atom. The minimum atomic E-state index is -0.650. The van der Waals surface area contributed by atoms with Gasteiger partial charge >= 0.3 is 0 Å². The molecule has 3 aromatic carbocycles. The van der Waals surface area contributed by atoms with Gasteiger partial charge in [0.05, 0.1) is 0 Å². The summed E-state index contributed by atoms with van der Waals surface area (Å²) in [6.07, 6.45) is 1.25. The molecule has 2 amide bonds.